The minimum Gasteiger partial charge on any atom is -0.440 e. The number of oxazole rings is 1. The van der Waals surface area contributed by atoms with E-state index in [1.165, 1.54) is 0 Å². The number of aryl methyl sites for hydroxylation is 1. The first kappa shape index (κ1) is 16.8. The van der Waals surface area contributed by atoms with Gasteiger partial charge in [0.15, 0.2) is 11.5 Å². The van der Waals surface area contributed by atoms with E-state index in [0.29, 0.717) is 5.88 Å². The average molecular weight is 354 g/mol. The predicted molar refractivity (Wildman–Crippen MR) is 96.9 cm³/mol. The lowest BCUT2D eigenvalue weighted by Crippen LogP contribution is -2.46. The molecule has 1 aliphatic rings. The van der Waals surface area contributed by atoms with Crippen LogP contribution in [0, 0.1) is 6.92 Å². The summed E-state index contributed by atoms with van der Waals surface area (Å²) in [6, 6.07) is 9.23. The molecular weight excluding hydrogens is 332 g/mol. The fourth-order valence-electron chi connectivity index (χ4n) is 3.44. The molecule has 2 aromatic heterocycles. The van der Waals surface area contributed by atoms with E-state index in [4.69, 9.17) is 8.94 Å². The summed E-state index contributed by atoms with van der Waals surface area (Å²) in [5, 5.41) is 6.58. The Kier molecular flexibility index (Phi) is 4.46. The van der Waals surface area contributed by atoms with Crippen LogP contribution in [0.1, 0.15) is 37.3 Å². The van der Waals surface area contributed by atoms with Crippen molar-refractivity contribution in [2.75, 3.05) is 18.4 Å². The number of fused-ring (bicyclic) bond motifs is 1. The second-order valence-electron chi connectivity index (χ2n) is 6.85. The van der Waals surface area contributed by atoms with Crippen molar-refractivity contribution in [3.8, 4) is 0 Å². The van der Waals surface area contributed by atoms with Crippen LogP contribution in [0.4, 0.5) is 5.88 Å². The Morgan fingerprint density at radius 3 is 3.00 bits per heavy atom. The molecule has 7 heteroatoms. The van der Waals surface area contributed by atoms with Gasteiger partial charge in [0, 0.05) is 18.5 Å². The molecule has 4 rings (SSSR count). The molecule has 0 saturated carbocycles. The molecule has 7 nitrogen and oxygen atoms in total. The van der Waals surface area contributed by atoms with Crippen LogP contribution in [0.3, 0.4) is 0 Å². The Bertz CT molecular complexity index is 883. The molecular formula is C19H22N4O3. The molecule has 0 aliphatic carbocycles. The van der Waals surface area contributed by atoms with E-state index < -0.39 is 0 Å². The molecule has 26 heavy (non-hydrogen) atoms. The van der Waals surface area contributed by atoms with Crippen molar-refractivity contribution >= 4 is 22.9 Å². The van der Waals surface area contributed by atoms with Gasteiger partial charge in [-0.05, 0) is 45.4 Å². The minimum absolute atomic E-state index is 0.0978. The minimum atomic E-state index is -0.271. The summed E-state index contributed by atoms with van der Waals surface area (Å²) in [7, 11) is 0. The number of hydrogen-bond acceptors (Lipinski definition) is 6. The van der Waals surface area contributed by atoms with E-state index in [1.807, 2.05) is 38.1 Å². The van der Waals surface area contributed by atoms with E-state index in [9.17, 15) is 4.79 Å². The molecule has 2 atom stereocenters. The summed E-state index contributed by atoms with van der Waals surface area (Å²) in [4.78, 5) is 19.3. The van der Waals surface area contributed by atoms with Crippen LogP contribution in [-0.4, -0.2) is 40.1 Å². The number of carbonyl (C=O) groups excluding carboxylic acids is 1. The van der Waals surface area contributed by atoms with Crippen molar-refractivity contribution in [3.63, 3.8) is 0 Å². The molecule has 0 spiro atoms. The molecule has 136 valence electrons. The maximum atomic E-state index is 12.5. The van der Waals surface area contributed by atoms with Crippen LogP contribution in [0.25, 0.3) is 11.1 Å². The van der Waals surface area contributed by atoms with Crippen LogP contribution < -0.4 is 5.32 Å². The highest BCUT2D eigenvalue weighted by Gasteiger charge is 2.30. The van der Waals surface area contributed by atoms with Crippen LogP contribution in [0.2, 0.25) is 0 Å². The maximum Gasteiger partial charge on any atom is 0.243 e. The first-order chi connectivity index (χ1) is 12.6. The van der Waals surface area contributed by atoms with Crippen molar-refractivity contribution in [1.29, 1.82) is 0 Å². The summed E-state index contributed by atoms with van der Waals surface area (Å²) in [6.07, 6.45) is 2.02. The van der Waals surface area contributed by atoms with Crippen LogP contribution in [0.15, 0.2) is 39.3 Å². The van der Waals surface area contributed by atoms with E-state index >= 15 is 0 Å². The van der Waals surface area contributed by atoms with Gasteiger partial charge in [-0.2, -0.15) is 0 Å². The van der Waals surface area contributed by atoms with Crippen molar-refractivity contribution in [2.45, 2.75) is 38.6 Å². The van der Waals surface area contributed by atoms with Crippen molar-refractivity contribution < 1.29 is 13.7 Å². The number of amides is 1. The summed E-state index contributed by atoms with van der Waals surface area (Å²) >= 11 is 0. The van der Waals surface area contributed by atoms with Crippen molar-refractivity contribution in [2.24, 2.45) is 0 Å². The number of anilines is 1. The number of benzene rings is 1. The molecule has 1 fully saturated rings. The molecule has 1 amide bonds. The lowest BCUT2D eigenvalue weighted by Gasteiger charge is -2.34. The number of nitrogens with one attached hydrogen (secondary N) is 1. The van der Waals surface area contributed by atoms with Crippen LogP contribution >= 0.6 is 0 Å². The average Bonchev–Trinajstić information content (AvgIpc) is 3.27. The van der Waals surface area contributed by atoms with Gasteiger partial charge >= 0.3 is 0 Å². The van der Waals surface area contributed by atoms with Gasteiger partial charge in [-0.15, -0.1) is 0 Å². The third kappa shape index (κ3) is 3.35. The fraction of sp³-hybridized carbons (Fsp3) is 0.421. The Hall–Kier alpha value is -2.67. The molecule has 3 heterocycles. The Morgan fingerprint density at radius 1 is 1.38 bits per heavy atom. The van der Waals surface area contributed by atoms with Crippen LogP contribution in [0.5, 0.6) is 0 Å². The maximum absolute atomic E-state index is 12.5. The molecule has 2 unspecified atom stereocenters. The zero-order chi connectivity index (χ0) is 18.1. The van der Waals surface area contributed by atoms with Gasteiger partial charge in [-0.25, -0.2) is 4.98 Å². The van der Waals surface area contributed by atoms with E-state index in [0.717, 1.165) is 48.6 Å². The number of likely N-dealkylation sites (tertiary alicyclic amines) is 1. The zero-order valence-corrected chi connectivity index (χ0v) is 14.9. The van der Waals surface area contributed by atoms with Gasteiger partial charge in [0.2, 0.25) is 11.8 Å². The Labute approximate surface area is 151 Å². The molecule has 1 aromatic carbocycles. The van der Waals surface area contributed by atoms with Gasteiger partial charge in [-0.3, -0.25) is 15.0 Å². The highest BCUT2D eigenvalue weighted by atomic mass is 16.5. The summed E-state index contributed by atoms with van der Waals surface area (Å²) in [6.45, 7) is 5.35. The third-order valence-corrected chi connectivity index (χ3v) is 4.91. The van der Waals surface area contributed by atoms with E-state index in [-0.39, 0.29) is 17.9 Å². The largest absolute Gasteiger partial charge is 0.440 e. The SMILES string of the molecule is Cc1cc(NC(=O)C(C)N2CCCC(c3nc4ccccc4o3)C2)on1. The fourth-order valence-corrected chi connectivity index (χ4v) is 3.44. The van der Waals surface area contributed by atoms with Gasteiger partial charge in [0.1, 0.15) is 5.52 Å². The smallest absolute Gasteiger partial charge is 0.243 e. The number of para-hydroxylation sites is 2. The highest BCUT2D eigenvalue weighted by molar-refractivity contribution is 5.93. The molecule has 1 N–H and O–H groups in total. The molecule has 3 aromatic rings. The Morgan fingerprint density at radius 2 is 2.23 bits per heavy atom. The number of hydrogen-bond donors (Lipinski definition) is 1. The van der Waals surface area contributed by atoms with Gasteiger partial charge in [-0.1, -0.05) is 17.3 Å². The molecule has 0 bridgehead atoms. The number of nitrogens with zero attached hydrogens (tertiary/aromatic N) is 3. The molecule has 0 radical (unpaired) electrons. The molecule has 1 aliphatic heterocycles. The Balaban J connectivity index is 1.44. The number of rotatable bonds is 4. The van der Waals surface area contributed by atoms with Gasteiger partial charge < -0.3 is 8.94 Å². The quantitative estimate of drug-likeness (QED) is 0.774. The summed E-state index contributed by atoms with van der Waals surface area (Å²) in [5.74, 6) is 1.24. The number of piperidine rings is 1. The lowest BCUT2D eigenvalue weighted by molar-refractivity contribution is -0.121. The topological polar surface area (TPSA) is 84.4 Å². The van der Waals surface area contributed by atoms with Crippen LogP contribution in [-0.2, 0) is 4.79 Å². The summed E-state index contributed by atoms with van der Waals surface area (Å²) in [5.41, 5.74) is 2.43. The normalized spacial score (nSPS) is 19.5. The van der Waals surface area contributed by atoms with E-state index in [2.05, 4.69) is 20.4 Å². The van der Waals surface area contributed by atoms with Crippen molar-refractivity contribution in [1.82, 2.24) is 15.0 Å². The first-order valence-corrected chi connectivity index (χ1v) is 8.94. The standard InChI is InChI=1S/C19H22N4O3/c1-12-10-17(26-22-12)21-18(24)13(2)23-9-5-6-14(11-23)19-20-15-7-3-4-8-16(15)25-19/h3-4,7-8,10,13-14H,5-6,9,11H2,1-2H3,(H,21,24). The number of carbonyl (C=O) groups is 1. The van der Waals surface area contributed by atoms with Crippen molar-refractivity contribution in [3.05, 3.63) is 41.9 Å². The molecule has 1 saturated heterocycles. The predicted octanol–water partition coefficient (Wildman–Crippen LogP) is 3.33. The zero-order valence-electron chi connectivity index (χ0n) is 14.9. The highest BCUT2D eigenvalue weighted by Crippen LogP contribution is 2.30. The second kappa shape index (κ2) is 6.92. The second-order valence-corrected chi connectivity index (χ2v) is 6.85. The van der Waals surface area contributed by atoms with Gasteiger partial charge in [0.05, 0.1) is 11.7 Å². The van der Waals surface area contributed by atoms with Gasteiger partial charge in [0.25, 0.3) is 0 Å². The summed E-state index contributed by atoms with van der Waals surface area (Å²) < 4.78 is 11.0. The monoisotopic (exact) mass is 354 g/mol. The van der Waals surface area contributed by atoms with E-state index in [1.54, 1.807) is 6.07 Å². The first-order valence-electron chi connectivity index (χ1n) is 8.94. The third-order valence-electron chi connectivity index (χ3n) is 4.91. The number of aromatic nitrogens is 2. The lowest BCUT2D eigenvalue weighted by atomic mass is 9.96.